The number of nitrogens with two attached hydrogens (primary N) is 1. The van der Waals surface area contributed by atoms with Gasteiger partial charge in [0, 0.05) is 10.0 Å². The molecule has 0 spiro atoms. The third-order valence-electron chi connectivity index (χ3n) is 2.93. The zero-order chi connectivity index (χ0) is 14.0. The summed E-state index contributed by atoms with van der Waals surface area (Å²) in [7, 11) is 0. The van der Waals surface area contributed by atoms with Gasteiger partial charge in [0.25, 0.3) is 0 Å². The van der Waals surface area contributed by atoms with Gasteiger partial charge in [-0.2, -0.15) is 0 Å². The van der Waals surface area contributed by atoms with Gasteiger partial charge in [-0.25, -0.2) is 14.2 Å². The Morgan fingerprint density at radius 2 is 1.89 bits per heavy atom. The van der Waals surface area contributed by atoms with Crippen molar-refractivity contribution >= 4 is 15.9 Å². The summed E-state index contributed by atoms with van der Waals surface area (Å²) in [5.74, 6) is 3.72. The number of rotatable bonds is 3. The van der Waals surface area contributed by atoms with Gasteiger partial charge in [-0.3, -0.25) is 5.84 Å². The summed E-state index contributed by atoms with van der Waals surface area (Å²) < 4.78 is 27.9. The SMILES string of the molecule is Cc1ccc(C(NN)c2cccc(F)c2F)c(Br)c1. The Bertz CT molecular complexity index is 602. The fourth-order valence-corrected chi connectivity index (χ4v) is 2.68. The molecule has 1 unspecified atom stereocenters. The van der Waals surface area contributed by atoms with Gasteiger partial charge in [-0.1, -0.05) is 40.2 Å². The summed E-state index contributed by atoms with van der Waals surface area (Å²) in [4.78, 5) is 0. The van der Waals surface area contributed by atoms with Gasteiger partial charge in [0.1, 0.15) is 0 Å². The van der Waals surface area contributed by atoms with Crippen molar-refractivity contribution in [3.05, 3.63) is 69.2 Å². The number of benzene rings is 2. The first-order chi connectivity index (χ1) is 9.04. The van der Waals surface area contributed by atoms with Crippen LogP contribution in [0.1, 0.15) is 22.7 Å². The highest BCUT2D eigenvalue weighted by molar-refractivity contribution is 9.10. The van der Waals surface area contributed by atoms with Gasteiger partial charge < -0.3 is 0 Å². The molecular weight excluding hydrogens is 314 g/mol. The highest BCUT2D eigenvalue weighted by Crippen LogP contribution is 2.30. The molecule has 0 radical (unpaired) electrons. The Labute approximate surface area is 118 Å². The summed E-state index contributed by atoms with van der Waals surface area (Å²) in [5.41, 5.74) is 4.51. The first-order valence-electron chi connectivity index (χ1n) is 5.70. The summed E-state index contributed by atoms with van der Waals surface area (Å²) in [6.07, 6.45) is 0. The van der Waals surface area contributed by atoms with Gasteiger partial charge in [0.05, 0.1) is 6.04 Å². The van der Waals surface area contributed by atoms with Crippen LogP contribution in [-0.4, -0.2) is 0 Å². The molecule has 5 heteroatoms. The van der Waals surface area contributed by atoms with E-state index < -0.39 is 17.7 Å². The number of hydrogen-bond acceptors (Lipinski definition) is 2. The molecule has 0 aliphatic carbocycles. The monoisotopic (exact) mass is 326 g/mol. The van der Waals surface area contributed by atoms with Crippen LogP contribution in [0.4, 0.5) is 8.78 Å². The average molecular weight is 327 g/mol. The van der Waals surface area contributed by atoms with Gasteiger partial charge in [0.2, 0.25) is 0 Å². The second-order valence-corrected chi connectivity index (χ2v) is 5.12. The van der Waals surface area contributed by atoms with Crippen molar-refractivity contribution < 1.29 is 8.78 Å². The summed E-state index contributed by atoms with van der Waals surface area (Å²) in [6, 6.07) is 9.05. The Kier molecular flexibility index (Phi) is 4.29. The minimum absolute atomic E-state index is 0.173. The van der Waals surface area contributed by atoms with Crippen LogP contribution in [0.15, 0.2) is 40.9 Å². The predicted molar refractivity (Wildman–Crippen MR) is 74.4 cm³/mol. The van der Waals surface area contributed by atoms with Crippen molar-refractivity contribution in [3.8, 4) is 0 Å². The fourth-order valence-electron chi connectivity index (χ4n) is 1.96. The molecule has 2 rings (SSSR count). The average Bonchev–Trinajstić information content (AvgIpc) is 2.37. The molecule has 19 heavy (non-hydrogen) atoms. The standard InChI is InChI=1S/C14H13BrF2N2/c1-8-5-6-9(11(15)7-8)14(19-18)10-3-2-4-12(16)13(10)17/h2-7,14,19H,18H2,1H3. The Morgan fingerprint density at radius 1 is 1.16 bits per heavy atom. The molecule has 2 aromatic rings. The van der Waals surface area contributed by atoms with Crippen LogP contribution in [0, 0.1) is 18.6 Å². The molecule has 0 saturated carbocycles. The lowest BCUT2D eigenvalue weighted by Gasteiger charge is -2.19. The lowest BCUT2D eigenvalue weighted by atomic mass is 9.98. The highest BCUT2D eigenvalue weighted by atomic mass is 79.9. The first-order valence-corrected chi connectivity index (χ1v) is 6.50. The van der Waals surface area contributed by atoms with Gasteiger partial charge in [0.15, 0.2) is 11.6 Å². The van der Waals surface area contributed by atoms with Crippen LogP contribution < -0.4 is 11.3 Å². The van der Waals surface area contributed by atoms with Crippen molar-refractivity contribution in [3.63, 3.8) is 0 Å². The number of hydrogen-bond donors (Lipinski definition) is 2. The molecule has 0 amide bonds. The van der Waals surface area contributed by atoms with Crippen molar-refractivity contribution in [2.45, 2.75) is 13.0 Å². The molecule has 0 saturated heterocycles. The van der Waals surface area contributed by atoms with Crippen molar-refractivity contribution in [2.24, 2.45) is 5.84 Å². The van der Waals surface area contributed by atoms with Crippen LogP contribution in [-0.2, 0) is 0 Å². The lowest BCUT2D eigenvalue weighted by molar-refractivity contribution is 0.483. The molecule has 2 nitrogen and oxygen atoms in total. The molecule has 0 bridgehead atoms. The van der Waals surface area contributed by atoms with E-state index in [1.807, 2.05) is 25.1 Å². The van der Waals surface area contributed by atoms with Crippen LogP contribution in [0.2, 0.25) is 0 Å². The third-order valence-corrected chi connectivity index (χ3v) is 3.61. The van der Waals surface area contributed by atoms with E-state index in [1.54, 1.807) is 0 Å². The maximum atomic E-state index is 13.8. The zero-order valence-corrected chi connectivity index (χ0v) is 11.8. The normalized spacial score (nSPS) is 12.5. The van der Waals surface area contributed by atoms with Crippen LogP contribution in [0.5, 0.6) is 0 Å². The largest absolute Gasteiger partial charge is 0.271 e. The third kappa shape index (κ3) is 2.83. The molecule has 1 atom stereocenters. The van der Waals surface area contributed by atoms with E-state index in [-0.39, 0.29) is 5.56 Å². The molecule has 2 aromatic carbocycles. The van der Waals surface area contributed by atoms with Gasteiger partial charge >= 0.3 is 0 Å². The van der Waals surface area contributed by atoms with Crippen LogP contribution in [0.25, 0.3) is 0 Å². The molecular formula is C14H13BrF2N2. The quantitative estimate of drug-likeness (QED) is 0.668. The number of halogens is 3. The second kappa shape index (κ2) is 5.77. The molecule has 0 aliphatic heterocycles. The molecule has 100 valence electrons. The van der Waals surface area contributed by atoms with Crippen LogP contribution in [0.3, 0.4) is 0 Å². The van der Waals surface area contributed by atoms with E-state index in [4.69, 9.17) is 5.84 Å². The maximum absolute atomic E-state index is 13.8. The van der Waals surface area contributed by atoms with Crippen molar-refractivity contribution in [1.82, 2.24) is 5.43 Å². The number of hydrazine groups is 1. The summed E-state index contributed by atoms with van der Waals surface area (Å²) in [5, 5.41) is 0. The highest BCUT2D eigenvalue weighted by Gasteiger charge is 2.20. The number of nitrogens with one attached hydrogen (secondary N) is 1. The second-order valence-electron chi connectivity index (χ2n) is 4.27. The summed E-state index contributed by atoms with van der Waals surface area (Å²) in [6.45, 7) is 1.95. The van der Waals surface area contributed by atoms with Crippen molar-refractivity contribution in [2.75, 3.05) is 0 Å². The zero-order valence-electron chi connectivity index (χ0n) is 10.3. The van der Waals surface area contributed by atoms with E-state index in [9.17, 15) is 8.78 Å². The Hall–Kier alpha value is -1.30. The minimum atomic E-state index is -0.891. The lowest BCUT2D eigenvalue weighted by Crippen LogP contribution is -2.30. The molecule has 3 N–H and O–H groups in total. The fraction of sp³-hybridized carbons (Fsp3) is 0.143. The number of aryl methyl sites for hydroxylation is 1. The van der Waals surface area contributed by atoms with E-state index in [1.165, 1.54) is 12.1 Å². The molecule has 0 fully saturated rings. The Morgan fingerprint density at radius 3 is 2.53 bits per heavy atom. The van der Waals surface area contributed by atoms with E-state index >= 15 is 0 Å². The van der Waals surface area contributed by atoms with Gasteiger partial charge in [-0.15, -0.1) is 0 Å². The smallest absolute Gasteiger partial charge is 0.163 e. The topological polar surface area (TPSA) is 38.0 Å². The molecule has 0 heterocycles. The van der Waals surface area contributed by atoms with E-state index in [0.717, 1.165) is 21.7 Å². The summed E-state index contributed by atoms with van der Waals surface area (Å²) >= 11 is 3.42. The van der Waals surface area contributed by atoms with E-state index in [0.29, 0.717) is 0 Å². The molecule has 0 aliphatic rings. The Balaban J connectivity index is 2.53. The van der Waals surface area contributed by atoms with Crippen LogP contribution >= 0.6 is 15.9 Å². The maximum Gasteiger partial charge on any atom is 0.163 e. The van der Waals surface area contributed by atoms with E-state index in [2.05, 4.69) is 21.4 Å². The first kappa shape index (κ1) is 14.1. The predicted octanol–water partition coefficient (Wildman–Crippen LogP) is 3.59. The minimum Gasteiger partial charge on any atom is -0.271 e. The molecule has 0 aromatic heterocycles. The van der Waals surface area contributed by atoms with Gasteiger partial charge in [-0.05, 0) is 30.2 Å². The van der Waals surface area contributed by atoms with Crippen molar-refractivity contribution in [1.29, 1.82) is 0 Å².